The van der Waals surface area contributed by atoms with Gasteiger partial charge < -0.3 is 32.1 Å². The number of rotatable bonds is 21. The van der Waals surface area contributed by atoms with E-state index >= 15 is 0 Å². The summed E-state index contributed by atoms with van der Waals surface area (Å²) in [4.78, 5) is 30.9. The highest BCUT2D eigenvalue weighted by Gasteiger charge is 2.12. The van der Waals surface area contributed by atoms with Gasteiger partial charge in [0.1, 0.15) is 6.04 Å². The van der Waals surface area contributed by atoms with Crippen molar-refractivity contribution >= 4 is 19.8 Å². The molecular weight excluding hydrogens is 447 g/mol. The van der Waals surface area contributed by atoms with Gasteiger partial charge in [0.05, 0.1) is 6.61 Å². The van der Waals surface area contributed by atoms with Crippen LogP contribution in [0.2, 0.25) is 0 Å². The van der Waals surface area contributed by atoms with E-state index < -0.39 is 19.8 Å². The minimum atomic E-state index is -4.25. The molecule has 11 heteroatoms. The van der Waals surface area contributed by atoms with Gasteiger partial charge in [-0.3, -0.25) is 14.3 Å². The number of carboxylic acid groups (broad SMARTS) is 1. The normalized spacial score (nSPS) is 12.0. The van der Waals surface area contributed by atoms with Crippen LogP contribution < -0.4 is 17.2 Å². The SMILES string of the molecule is CCCCCCCCCCCCCCCCOP(=O)(O)O.NC(N)=NCCC[C@H](N)C(=O)O. The van der Waals surface area contributed by atoms with Crippen molar-refractivity contribution in [3.05, 3.63) is 0 Å². The second-order valence-corrected chi connectivity index (χ2v) is 9.55. The third kappa shape index (κ3) is 33.1. The fourth-order valence-corrected chi connectivity index (χ4v) is 3.49. The number of aliphatic imine (C=N–C) groups is 1. The summed E-state index contributed by atoms with van der Waals surface area (Å²) in [6.07, 6.45) is 18.7. The quantitative estimate of drug-likeness (QED) is 0.0588. The Kier molecular flexibility index (Phi) is 24.7. The summed E-state index contributed by atoms with van der Waals surface area (Å²) in [6, 6.07) is -0.820. The first-order valence-corrected chi connectivity index (χ1v) is 13.9. The van der Waals surface area contributed by atoms with Gasteiger partial charge in [0.2, 0.25) is 0 Å². The Hall–Kier alpha value is -1.19. The largest absolute Gasteiger partial charge is 0.480 e. The molecular formula is C22H49N4O6P. The summed E-state index contributed by atoms with van der Waals surface area (Å²) in [5.74, 6) is -0.987. The number of guanidine groups is 1. The molecule has 0 saturated carbocycles. The van der Waals surface area contributed by atoms with Gasteiger partial charge in [0.25, 0.3) is 0 Å². The maximum absolute atomic E-state index is 10.4. The maximum atomic E-state index is 10.4. The lowest BCUT2D eigenvalue weighted by atomic mass is 10.0. The van der Waals surface area contributed by atoms with E-state index in [-0.39, 0.29) is 12.6 Å². The van der Waals surface area contributed by atoms with E-state index in [9.17, 15) is 9.36 Å². The molecule has 198 valence electrons. The van der Waals surface area contributed by atoms with E-state index in [1.54, 1.807) is 0 Å². The van der Waals surface area contributed by atoms with Crippen LogP contribution in [0, 0.1) is 0 Å². The second kappa shape index (κ2) is 24.0. The van der Waals surface area contributed by atoms with Crippen LogP contribution in [0.1, 0.15) is 110 Å². The van der Waals surface area contributed by atoms with Crippen molar-refractivity contribution in [1.82, 2.24) is 0 Å². The Morgan fingerprint density at radius 2 is 1.27 bits per heavy atom. The first kappa shape index (κ1) is 34.0. The Morgan fingerprint density at radius 1 is 0.848 bits per heavy atom. The van der Waals surface area contributed by atoms with E-state index in [2.05, 4.69) is 16.4 Å². The van der Waals surface area contributed by atoms with Crippen molar-refractivity contribution in [1.29, 1.82) is 0 Å². The van der Waals surface area contributed by atoms with Crippen molar-refractivity contribution in [2.45, 2.75) is 116 Å². The second-order valence-electron chi connectivity index (χ2n) is 8.31. The van der Waals surface area contributed by atoms with Crippen molar-refractivity contribution in [2.24, 2.45) is 22.2 Å². The molecule has 0 spiro atoms. The molecule has 0 heterocycles. The van der Waals surface area contributed by atoms with Crippen LogP contribution in [-0.4, -0.2) is 46.0 Å². The monoisotopic (exact) mass is 496 g/mol. The van der Waals surface area contributed by atoms with Crippen LogP contribution in [0.25, 0.3) is 0 Å². The Labute approximate surface area is 200 Å². The lowest BCUT2D eigenvalue weighted by Crippen LogP contribution is -2.30. The molecule has 0 aromatic carbocycles. The maximum Gasteiger partial charge on any atom is 0.469 e. The molecule has 10 nitrogen and oxygen atoms in total. The summed E-state index contributed by atoms with van der Waals surface area (Å²) in [5.41, 5.74) is 15.3. The Balaban J connectivity index is 0. The highest BCUT2D eigenvalue weighted by molar-refractivity contribution is 7.46. The molecule has 0 amide bonds. The number of unbranched alkanes of at least 4 members (excludes halogenated alkanes) is 13. The molecule has 0 aromatic heterocycles. The zero-order chi connectivity index (χ0) is 25.4. The molecule has 0 rings (SSSR count). The number of hydrogen-bond donors (Lipinski definition) is 6. The molecule has 0 unspecified atom stereocenters. The zero-order valence-corrected chi connectivity index (χ0v) is 21.4. The van der Waals surface area contributed by atoms with Crippen LogP contribution in [0.5, 0.6) is 0 Å². The molecule has 1 atom stereocenters. The predicted octanol–water partition coefficient (Wildman–Crippen LogP) is 4.03. The Morgan fingerprint density at radius 3 is 1.64 bits per heavy atom. The smallest absolute Gasteiger partial charge is 0.469 e. The minimum absolute atomic E-state index is 0.0129. The van der Waals surface area contributed by atoms with Gasteiger partial charge in [-0.1, -0.05) is 90.4 Å². The summed E-state index contributed by atoms with van der Waals surface area (Å²) in [7, 11) is -4.25. The van der Waals surface area contributed by atoms with Crippen LogP contribution >= 0.6 is 7.82 Å². The third-order valence-corrected chi connectivity index (χ3v) is 5.56. The van der Waals surface area contributed by atoms with E-state index in [4.69, 9.17) is 32.1 Å². The first-order valence-electron chi connectivity index (χ1n) is 12.3. The molecule has 0 bridgehead atoms. The lowest BCUT2D eigenvalue weighted by Gasteiger charge is -2.05. The summed E-state index contributed by atoms with van der Waals surface area (Å²) in [5, 5.41) is 8.38. The molecule has 33 heavy (non-hydrogen) atoms. The number of nitrogens with two attached hydrogens (primary N) is 3. The Bertz CT molecular complexity index is 527. The summed E-state index contributed by atoms with van der Waals surface area (Å²) in [6.45, 7) is 2.84. The molecule has 0 radical (unpaired) electrons. The van der Waals surface area contributed by atoms with Gasteiger partial charge in [-0.25, -0.2) is 4.57 Å². The van der Waals surface area contributed by atoms with Crippen LogP contribution in [0.15, 0.2) is 4.99 Å². The van der Waals surface area contributed by atoms with E-state index in [1.807, 2.05) is 0 Å². The van der Waals surface area contributed by atoms with Crippen molar-refractivity contribution in [3.63, 3.8) is 0 Å². The van der Waals surface area contributed by atoms with Crippen LogP contribution in [-0.2, 0) is 13.9 Å². The highest BCUT2D eigenvalue weighted by Crippen LogP contribution is 2.35. The van der Waals surface area contributed by atoms with Gasteiger partial charge in [-0.2, -0.15) is 0 Å². The van der Waals surface area contributed by atoms with Gasteiger partial charge in [0, 0.05) is 6.54 Å². The minimum Gasteiger partial charge on any atom is -0.480 e. The fourth-order valence-electron chi connectivity index (χ4n) is 3.12. The van der Waals surface area contributed by atoms with Crippen molar-refractivity contribution in [2.75, 3.05) is 13.2 Å². The molecule has 9 N–H and O–H groups in total. The number of hydrogen-bond acceptors (Lipinski definition) is 5. The lowest BCUT2D eigenvalue weighted by molar-refractivity contribution is -0.138. The topological polar surface area (TPSA) is 194 Å². The van der Waals surface area contributed by atoms with E-state index in [0.29, 0.717) is 19.4 Å². The third-order valence-electron chi connectivity index (χ3n) is 5.04. The van der Waals surface area contributed by atoms with Crippen molar-refractivity contribution in [3.8, 4) is 0 Å². The number of carboxylic acids is 1. The molecule has 0 aliphatic rings. The van der Waals surface area contributed by atoms with Gasteiger partial charge >= 0.3 is 13.8 Å². The summed E-state index contributed by atoms with van der Waals surface area (Å²) < 4.78 is 14.8. The molecule has 0 aliphatic heterocycles. The molecule has 0 fully saturated rings. The van der Waals surface area contributed by atoms with E-state index in [1.165, 1.54) is 70.6 Å². The first-order chi connectivity index (χ1) is 15.6. The fraction of sp³-hybridized carbons (Fsp3) is 0.909. The predicted molar refractivity (Wildman–Crippen MR) is 134 cm³/mol. The molecule has 0 saturated heterocycles. The van der Waals surface area contributed by atoms with E-state index in [0.717, 1.165) is 19.3 Å². The van der Waals surface area contributed by atoms with Crippen LogP contribution in [0.3, 0.4) is 0 Å². The molecule has 0 aromatic rings. The standard InChI is InChI=1S/C16H35O4P.C6H14N4O2/c1-2-3-4-5-6-7-8-9-10-11-12-13-14-15-16-20-21(17,18)19;7-4(5(11)12)2-1-3-10-6(8)9/h2-16H2,1H3,(H2,17,18,19);4H,1-3,7H2,(H,11,12)(H4,8,9,10)/t;4-/m.0/s1. The average molecular weight is 497 g/mol. The highest BCUT2D eigenvalue weighted by atomic mass is 31.2. The number of nitrogens with zero attached hydrogens (tertiary/aromatic N) is 1. The molecule has 0 aliphatic carbocycles. The van der Waals surface area contributed by atoms with Crippen LogP contribution in [0.4, 0.5) is 0 Å². The van der Waals surface area contributed by atoms with Gasteiger partial charge in [0.15, 0.2) is 5.96 Å². The number of phosphoric ester groups is 1. The van der Waals surface area contributed by atoms with Crippen molar-refractivity contribution < 1.29 is 28.8 Å². The summed E-state index contributed by atoms with van der Waals surface area (Å²) >= 11 is 0. The van der Waals surface area contributed by atoms with Gasteiger partial charge in [-0.05, 0) is 19.3 Å². The number of aliphatic carboxylic acids is 1. The number of carbonyl (C=O) groups is 1. The average Bonchev–Trinajstić information content (AvgIpc) is 2.73. The zero-order valence-electron chi connectivity index (χ0n) is 20.5. The van der Waals surface area contributed by atoms with Gasteiger partial charge in [-0.15, -0.1) is 0 Å². The number of phosphoric acid groups is 1.